The SMILES string of the molecule is OB(O)c1cnc(CF)c(F)c1. The monoisotopic (exact) mass is 173 g/mol. The summed E-state index contributed by atoms with van der Waals surface area (Å²) in [4.78, 5) is 3.35. The van der Waals surface area contributed by atoms with Crippen molar-refractivity contribution in [2.45, 2.75) is 6.67 Å². The van der Waals surface area contributed by atoms with E-state index in [1.165, 1.54) is 0 Å². The van der Waals surface area contributed by atoms with E-state index in [1.807, 2.05) is 0 Å². The molecule has 0 saturated heterocycles. The lowest BCUT2D eigenvalue weighted by Gasteiger charge is -2.00. The first-order valence-electron chi connectivity index (χ1n) is 3.21. The second-order valence-corrected chi connectivity index (χ2v) is 2.20. The first kappa shape index (κ1) is 9.09. The van der Waals surface area contributed by atoms with Crippen molar-refractivity contribution < 1.29 is 18.8 Å². The topological polar surface area (TPSA) is 53.4 Å². The van der Waals surface area contributed by atoms with E-state index in [2.05, 4.69) is 4.98 Å². The van der Waals surface area contributed by atoms with E-state index in [1.54, 1.807) is 0 Å². The second-order valence-electron chi connectivity index (χ2n) is 2.20. The first-order valence-corrected chi connectivity index (χ1v) is 3.21. The van der Waals surface area contributed by atoms with Crippen LogP contribution in [-0.2, 0) is 6.67 Å². The number of hydrogen-bond donors (Lipinski definition) is 2. The lowest BCUT2D eigenvalue weighted by Crippen LogP contribution is -2.30. The van der Waals surface area contributed by atoms with Gasteiger partial charge in [0.2, 0.25) is 0 Å². The third-order valence-electron chi connectivity index (χ3n) is 1.36. The van der Waals surface area contributed by atoms with Gasteiger partial charge in [0.25, 0.3) is 0 Å². The van der Waals surface area contributed by atoms with Gasteiger partial charge in [-0.25, -0.2) is 8.78 Å². The molecule has 0 unspecified atom stereocenters. The number of rotatable bonds is 2. The van der Waals surface area contributed by atoms with Gasteiger partial charge in [0.1, 0.15) is 18.2 Å². The number of pyridine rings is 1. The zero-order valence-corrected chi connectivity index (χ0v) is 6.04. The molecule has 0 aliphatic heterocycles. The summed E-state index contributed by atoms with van der Waals surface area (Å²) in [5, 5.41) is 17.1. The van der Waals surface area contributed by atoms with Crippen molar-refractivity contribution >= 4 is 12.6 Å². The summed E-state index contributed by atoms with van der Waals surface area (Å²) in [6.45, 7) is -1.01. The summed E-state index contributed by atoms with van der Waals surface area (Å²) in [5.74, 6) is -0.872. The molecule has 64 valence electrons. The smallest absolute Gasteiger partial charge is 0.423 e. The van der Waals surface area contributed by atoms with Crippen molar-refractivity contribution in [2.24, 2.45) is 0 Å². The summed E-state index contributed by atoms with van der Waals surface area (Å²) in [6, 6.07) is 0.840. The van der Waals surface area contributed by atoms with Gasteiger partial charge in [-0.2, -0.15) is 0 Å². The Balaban J connectivity index is 3.02. The third kappa shape index (κ3) is 1.78. The maximum Gasteiger partial charge on any atom is 0.490 e. The maximum atomic E-state index is 12.7. The average Bonchev–Trinajstić information content (AvgIpc) is 2.04. The van der Waals surface area contributed by atoms with Crippen LogP contribution in [-0.4, -0.2) is 22.2 Å². The minimum Gasteiger partial charge on any atom is -0.423 e. The first-order chi connectivity index (χ1) is 5.65. The van der Waals surface area contributed by atoms with Gasteiger partial charge in [0.15, 0.2) is 0 Å². The van der Waals surface area contributed by atoms with Crippen LogP contribution >= 0.6 is 0 Å². The number of alkyl halides is 1. The van der Waals surface area contributed by atoms with Crippen LogP contribution in [0.5, 0.6) is 0 Å². The molecule has 0 fully saturated rings. The Kier molecular flexibility index (Phi) is 2.72. The van der Waals surface area contributed by atoms with Crippen molar-refractivity contribution in [2.75, 3.05) is 0 Å². The Hall–Kier alpha value is -1.01. The predicted octanol–water partition coefficient (Wildman–Crippen LogP) is -0.630. The lowest BCUT2D eigenvalue weighted by atomic mass is 9.81. The highest BCUT2D eigenvalue weighted by atomic mass is 19.1. The summed E-state index contributed by atoms with van der Waals surface area (Å²) >= 11 is 0. The predicted molar refractivity (Wildman–Crippen MR) is 38.8 cm³/mol. The van der Waals surface area contributed by atoms with Gasteiger partial charge >= 0.3 is 7.12 Å². The molecule has 0 amide bonds. The summed E-state index contributed by atoms with van der Waals surface area (Å²) < 4.78 is 24.6. The van der Waals surface area contributed by atoms with Crippen LogP contribution in [0.3, 0.4) is 0 Å². The molecule has 0 spiro atoms. The quantitative estimate of drug-likeness (QED) is 0.585. The number of aromatic nitrogens is 1. The molecule has 0 aliphatic rings. The van der Waals surface area contributed by atoms with Crippen molar-refractivity contribution in [1.82, 2.24) is 4.98 Å². The molecule has 2 N–H and O–H groups in total. The molecule has 1 heterocycles. The molecule has 0 radical (unpaired) electrons. The highest BCUT2D eigenvalue weighted by Gasteiger charge is 2.14. The van der Waals surface area contributed by atoms with Crippen LogP contribution < -0.4 is 5.46 Å². The van der Waals surface area contributed by atoms with E-state index in [0.29, 0.717) is 0 Å². The van der Waals surface area contributed by atoms with Crippen LogP contribution in [0.4, 0.5) is 8.78 Å². The molecule has 0 aromatic carbocycles. The Morgan fingerprint density at radius 1 is 1.50 bits per heavy atom. The third-order valence-corrected chi connectivity index (χ3v) is 1.36. The fraction of sp³-hybridized carbons (Fsp3) is 0.167. The molecule has 6 heteroatoms. The fourth-order valence-electron chi connectivity index (χ4n) is 0.721. The van der Waals surface area contributed by atoms with Gasteiger partial charge in [0, 0.05) is 11.7 Å². The van der Waals surface area contributed by atoms with Crippen LogP contribution in [0, 0.1) is 5.82 Å². The van der Waals surface area contributed by atoms with E-state index in [4.69, 9.17) is 10.0 Å². The van der Waals surface area contributed by atoms with Crippen LogP contribution in [0.1, 0.15) is 5.69 Å². The van der Waals surface area contributed by atoms with Gasteiger partial charge in [-0.1, -0.05) is 0 Å². The van der Waals surface area contributed by atoms with Crippen molar-refractivity contribution in [3.63, 3.8) is 0 Å². The molecular formula is C6H6BF2NO2. The van der Waals surface area contributed by atoms with Gasteiger partial charge < -0.3 is 10.0 Å². The molecule has 0 bridgehead atoms. The molecule has 1 aromatic heterocycles. The second kappa shape index (κ2) is 3.60. The van der Waals surface area contributed by atoms with E-state index in [9.17, 15) is 8.78 Å². The average molecular weight is 173 g/mol. The van der Waals surface area contributed by atoms with Crippen molar-refractivity contribution in [3.05, 3.63) is 23.8 Å². The summed E-state index contributed by atoms with van der Waals surface area (Å²) in [5.41, 5.74) is -0.427. The van der Waals surface area contributed by atoms with Gasteiger partial charge in [-0.05, 0) is 6.07 Å². The van der Waals surface area contributed by atoms with Crippen molar-refractivity contribution in [3.8, 4) is 0 Å². The lowest BCUT2D eigenvalue weighted by molar-refractivity contribution is 0.423. The number of hydrogen-bond acceptors (Lipinski definition) is 3. The molecule has 12 heavy (non-hydrogen) atoms. The highest BCUT2D eigenvalue weighted by Crippen LogP contribution is 2.02. The van der Waals surface area contributed by atoms with Gasteiger partial charge in [-0.15, -0.1) is 0 Å². The van der Waals surface area contributed by atoms with Crippen LogP contribution in [0.25, 0.3) is 0 Å². The number of nitrogens with zero attached hydrogens (tertiary/aromatic N) is 1. The molecule has 1 rings (SSSR count). The van der Waals surface area contributed by atoms with E-state index < -0.39 is 19.6 Å². The highest BCUT2D eigenvalue weighted by molar-refractivity contribution is 6.58. The Labute approximate surface area is 67.8 Å². The standard InChI is InChI=1S/C6H6BF2NO2/c8-2-6-5(9)1-4(3-10-6)7(11)12/h1,3,11-12H,2H2. The Bertz CT molecular complexity index is 282. The van der Waals surface area contributed by atoms with Crippen LogP contribution in [0.15, 0.2) is 12.3 Å². The minimum atomic E-state index is -1.78. The normalized spacial score (nSPS) is 10.0. The fourth-order valence-corrected chi connectivity index (χ4v) is 0.721. The van der Waals surface area contributed by atoms with Crippen LogP contribution in [0.2, 0.25) is 0 Å². The summed E-state index contributed by atoms with van der Waals surface area (Å²) in [7, 11) is -1.78. The zero-order chi connectivity index (χ0) is 9.14. The number of halogens is 2. The van der Waals surface area contributed by atoms with Crippen molar-refractivity contribution in [1.29, 1.82) is 0 Å². The molecule has 3 nitrogen and oxygen atoms in total. The Morgan fingerprint density at radius 3 is 2.58 bits per heavy atom. The minimum absolute atomic E-state index is 0.0929. The maximum absolute atomic E-state index is 12.7. The molecule has 1 aromatic rings. The molecule has 0 aliphatic carbocycles. The molecule has 0 saturated carbocycles. The van der Waals surface area contributed by atoms with E-state index in [0.717, 1.165) is 12.3 Å². The van der Waals surface area contributed by atoms with E-state index >= 15 is 0 Å². The van der Waals surface area contributed by atoms with Gasteiger partial charge in [0.05, 0.1) is 0 Å². The van der Waals surface area contributed by atoms with Gasteiger partial charge in [-0.3, -0.25) is 4.98 Å². The van der Waals surface area contributed by atoms with E-state index in [-0.39, 0.29) is 11.2 Å². The molecular weight excluding hydrogens is 167 g/mol. The largest absolute Gasteiger partial charge is 0.490 e. The zero-order valence-electron chi connectivity index (χ0n) is 6.04. The summed E-state index contributed by atoms with van der Waals surface area (Å²) in [6.07, 6.45) is 1.02. The molecule has 0 atom stereocenters. The Morgan fingerprint density at radius 2 is 2.17 bits per heavy atom.